The fourth-order valence-corrected chi connectivity index (χ4v) is 2.98. The maximum absolute atomic E-state index is 12.2. The zero-order valence-corrected chi connectivity index (χ0v) is 14.8. The average molecular weight is 371 g/mol. The van der Waals surface area contributed by atoms with Crippen LogP contribution in [0, 0.1) is 0 Å². The van der Waals surface area contributed by atoms with Gasteiger partial charge in [0.25, 0.3) is 11.8 Å². The Labute approximate surface area is 154 Å². The van der Waals surface area contributed by atoms with E-state index in [0.29, 0.717) is 23.0 Å². The minimum absolute atomic E-state index is 0.226. The van der Waals surface area contributed by atoms with E-state index in [1.807, 2.05) is 24.3 Å². The first-order valence-corrected chi connectivity index (χ1v) is 8.71. The number of thiazole rings is 1. The molecule has 0 aliphatic carbocycles. The molecule has 0 aliphatic rings. The zero-order chi connectivity index (χ0) is 18.4. The highest BCUT2D eigenvalue weighted by Gasteiger charge is 2.13. The highest BCUT2D eigenvalue weighted by Crippen LogP contribution is 2.17. The van der Waals surface area contributed by atoms with Crippen LogP contribution in [0.2, 0.25) is 0 Å². The molecule has 0 bridgehead atoms. The van der Waals surface area contributed by atoms with Gasteiger partial charge in [-0.3, -0.25) is 9.59 Å². The minimum Gasteiger partial charge on any atom is -0.496 e. The molecule has 3 aromatic rings. The molecule has 0 atom stereocenters. The fourth-order valence-electron chi connectivity index (χ4n) is 2.26. The van der Waals surface area contributed by atoms with Gasteiger partial charge in [0.15, 0.2) is 5.76 Å². The van der Waals surface area contributed by atoms with Gasteiger partial charge in [-0.25, -0.2) is 4.98 Å². The van der Waals surface area contributed by atoms with Gasteiger partial charge in [0.1, 0.15) is 16.5 Å². The number of benzene rings is 1. The normalized spacial score (nSPS) is 10.3. The predicted molar refractivity (Wildman–Crippen MR) is 96.2 cm³/mol. The van der Waals surface area contributed by atoms with Crippen LogP contribution in [0.3, 0.4) is 0 Å². The summed E-state index contributed by atoms with van der Waals surface area (Å²) < 4.78 is 10.3. The van der Waals surface area contributed by atoms with Crippen molar-refractivity contribution < 1.29 is 18.7 Å². The molecule has 3 rings (SSSR count). The third-order valence-electron chi connectivity index (χ3n) is 3.56. The van der Waals surface area contributed by atoms with E-state index in [9.17, 15) is 9.59 Å². The number of furan rings is 1. The Morgan fingerprint density at radius 2 is 1.92 bits per heavy atom. The molecule has 2 aromatic heterocycles. The minimum atomic E-state index is -0.327. The molecule has 7 nitrogen and oxygen atoms in total. The SMILES string of the molecule is COc1ccccc1CNC(=O)c1csc(CNC(=O)c2ccco2)n1. The highest BCUT2D eigenvalue weighted by molar-refractivity contribution is 7.09. The van der Waals surface area contributed by atoms with Crippen molar-refractivity contribution in [3.8, 4) is 5.75 Å². The molecule has 0 saturated carbocycles. The second-order valence-electron chi connectivity index (χ2n) is 5.28. The van der Waals surface area contributed by atoms with Crippen molar-refractivity contribution >= 4 is 23.2 Å². The smallest absolute Gasteiger partial charge is 0.287 e. The number of rotatable bonds is 7. The lowest BCUT2D eigenvalue weighted by Crippen LogP contribution is -2.24. The maximum Gasteiger partial charge on any atom is 0.287 e. The number of carbonyl (C=O) groups excluding carboxylic acids is 2. The molecule has 2 amide bonds. The molecular formula is C18H17N3O4S. The number of ether oxygens (including phenoxy) is 1. The van der Waals surface area contributed by atoms with Crippen LogP contribution >= 0.6 is 11.3 Å². The Morgan fingerprint density at radius 1 is 1.12 bits per heavy atom. The van der Waals surface area contributed by atoms with Gasteiger partial charge in [-0.05, 0) is 18.2 Å². The monoisotopic (exact) mass is 371 g/mol. The van der Waals surface area contributed by atoms with Crippen LogP contribution in [0.15, 0.2) is 52.5 Å². The average Bonchev–Trinajstić information content (AvgIpc) is 3.36. The Bertz CT molecular complexity index is 889. The van der Waals surface area contributed by atoms with E-state index >= 15 is 0 Å². The summed E-state index contributed by atoms with van der Waals surface area (Å²) in [6.45, 7) is 0.564. The molecule has 0 fully saturated rings. The van der Waals surface area contributed by atoms with Crippen molar-refractivity contribution in [3.05, 3.63) is 70.1 Å². The van der Waals surface area contributed by atoms with Gasteiger partial charge in [-0.15, -0.1) is 11.3 Å². The van der Waals surface area contributed by atoms with E-state index in [2.05, 4.69) is 15.6 Å². The molecule has 1 aromatic carbocycles. The summed E-state index contributed by atoms with van der Waals surface area (Å²) in [6, 6.07) is 10.7. The summed E-state index contributed by atoms with van der Waals surface area (Å²) in [5, 5.41) is 7.80. The Balaban J connectivity index is 1.53. The molecule has 8 heteroatoms. The second kappa shape index (κ2) is 8.30. The third-order valence-corrected chi connectivity index (χ3v) is 4.41. The molecule has 0 saturated heterocycles. The predicted octanol–water partition coefficient (Wildman–Crippen LogP) is 2.60. The van der Waals surface area contributed by atoms with Gasteiger partial charge in [-0.2, -0.15) is 0 Å². The Morgan fingerprint density at radius 3 is 2.69 bits per heavy atom. The number of aromatic nitrogens is 1. The maximum atomic E-state index is 12.2. The topological polar surface area (TPSA) is 93.5 Å². The van der Waals surface area contributed by atoms with Crippen LogP contribution in [0.5, 0.6) is 5.75 Å². The first-order valence-electron chi connectivity index (χ1n) is 7.83. The molecular weight excluding hydrogens is 354 g/mol. The number of carbonyl (C=O) groups is 2. The van der Waals surface area contributed by atoms with E-state index in [4.69, 9.17) is 9.15 Å². The Hall–Kier alpha value is -3.13. The molecule has 134 valence electrons. The van der Waals surface area contributed by atoms with Crippen LogP contribution in [0.1, 0.15) is 31.6 Å². The summed E-state index contributed by atoms with van der Waals surface area (Å²) in [5.74, 6) is 0.340. The quantitative estimate of drug-likeness (QED) is 0.666. The number of hydrogen-bond acceptors (Lipinski definition) is 6. The highest BCUT2D eigenvalue weighted by atomic mass is 32.1. The van der Waals surface area contributed by atoms with Gasteiger partial charge in [-0.1, -0.05) is 18.2 Å². The summed E-state index contributed by atoms with van der Waals surface area (Å²) in [6.07, 6.45) is 1.43. The lowest BCUT2D eigenvalue weighted by atomic mass is 10.2. The first-order chi connectivity index (χ1) is 12.7. The van der Waals surface area contributed by atoms with Crippen LogP contribution in [-0.2, 0) is 13.1 Å². The second-order valence-corrected chi connectivity index (χ2v) is 6.22. The van der Waals surface area contributed by atoms with Crippen molar-refractivity contribution in [2.24, 2.45) is 0 Å². The fraction of sp³-hybridized carbons (Fsp3) is 0.167. The van der Waals surface area contributed by atoms with Gasteiger partial charge >= 0.3 is 0 Å². The Kier molecular flexibility index (Phi) is 5.65. The summed E-state index contributed by atoms with van der Waals surface area (Å²) >= 11 is 1.30. The first kappa shape index (κ1) is 17.7. The lowest BCUT2D eigenvalue weighted by Gasteiger charge is -2.08. The third kappa shape index (κ3) is 4.28. The van der Waals surface area contributed by atoms with E-state index in [0.717, 1.165) is 5.56 Å². The van der Waals surface area contributed by atoms with Crippen molar-refractivity contribution in [2.45, 2.75) is 13.1 Å². The van der Waals surface area contributed by atoms with E-state index in [1.54, 1.807) is 24.6 Å². The number of methoxy groups -OCH3 is 1. The number of nitrogens with one attached hydrogen (secondary N) is 2. The molecule has 0 spiro atoms. The summed E-state index contributed by atoms with van der Waals surface area (Å²) in [4.78, 5) is 28.3. The van der Waals surface area contributed by atoms with Crippen LogP contribution < -0.4 is 15.4 Å². The lowest BCUT2D eigenvalue weighted by molar-refractivity contribution is 0.0922. The van der Waals surface area contributed by atoms with Gasteiger partial charge in [0.05, 0.1) is 19.9 Å². The molecule has 26 heavy (non-hydrogen) atoms. The van der Waals surface area contributed by atoms with Gasteiger partial charge < -0.3 is 19.8 Å². The number of para-hydroxylation sites is 1. The van der Waals surface area contributed by atoms with Crippen molar-refractivity contribution in [3.63, 3.8) is 0 Å². The zero-order valence-electron chi connectivity index (χ0n) is 14.0. The van der Waals surface area contributed by atoms with Crippen LogP contribution in [0.25, 0.3) is 0 Å². The van der Waals surface area contributed by atoms with Crippen molar-refractivity contribution in [1.82, 2.24) is 15.6 Å². The number of hydrogen-bond donors (Lipinski definition) is 2. The van der Waals surface area contributed by atoms with Crippen molar-refractivity contribution in [2.75, 3.05) is 7.11 Å². The molecule has 0 radical (unpaired) electrons. The van der Waals surface area contributed by atoms with Gasteiger partial charge in [0, 0.05) is 17.5 Å². The molecule has 0 aliphatic heterocycles. The van der Waals surface area contributed by atoms with Crippen LogP contribution in [0.4, 0.5) is 0 Å². The standard InChI is InChI=1S/C18H17N3O4S/c1-24-14-6-3-2-5-12(14)9-19-17(22)13-11-26-16(21-13)10-20-18(23)15-7-4-8-25-15/h2-8,11H,9-10H2,1H3,(H,19,22)(H,20,23). The largest absolute Gasteiger partial charge is 0.496 e. The molecule has 0 unspecified atom stereocenters. The number of amides is 2. The van der Waals surface area contributed by atoms with E-state index in [1.165, 1.54) is 17.6 Å². The summed E-state index contributed by atoms with van der Waals surface area (Å²) in [7, 11) is 1.59. The van der Waals surface area contributed by atoms with E-state index in [-0.39, 0.29) is 24.1 Å². The molecule has 2 heterocycles. The van der Waals surface area contributed by atoms with Crippen molar-refractivity contribution in [1.29, 1.82) is 0 Å². The summed E-state index contributed by atoms with van der Waals surface area (Å²) in [5.41, 5.74) is 1.19. The van der Waals surface area contributed by atoms with Crippen LogP contribution in [-0.4, -0.2) is 23.9 Å². The number of nitrogens with zero attached hydrogens (tertiary/aromatic N) is 1. The molecule has 2 N–H and O–H groups in total. The van der Waals surface area contributed by atoms with Gasteiger partial charge in [0.2, 0.25) is 0 Å². The van der Waals surface area contributed by atoms with E-state index < -0.39 is 0 Å².